The Kier molecular flexibility index (Phi) is 4.00. The van der Waals surface area contributed by atoms with Gasteiger partial charge in [-0.15, -0.1) is 0 Å². The number of aliphatic imine (C=N–C) groups is 1. The Hall–Kier alpha value is -1.68. The Balaban J connectivity index is 2.58. The van der Waals surface area contributed by atoms with Crippen molar-refractivity contribution in [2.45, 2.75) is 19.3 Å². The van der Waals surface area contributed by atoms with E-state index in [4.69, 9.17) is 17.3 Å². The van der Waals surface area contributed by atoms with Gasteiger partial charge in [0.15, 0.2) is 5.78 Å². The van der Waals surface area contributed by atoms with Crippen LogP contribution in [0.2, 0.25) is 5.02 Å². The molecule has 100 valence electrons. The van der Waals surface area contributed by atoms with Crippen LogP contribution in [0.3, 0.4) is 0 Å². The molecule has 1 aliphatic carbocycles. The standard InChI is InChI=1S/C14H14ClFN2O/c1-18-14(9-7-8(16)5-6-10(9)15)13-11(17)3-2-4-12(13)19/h5-7H,2-4,17H2,1H3. The van der Waals surface area contributed by atoms with E-state index in [0.29, 0.717) is 40.4 Å². The average Bonchev–Trinajstić information content (AvgIpc) is 2.37. The predicted molar refractivity (Wildman–Crippen MR) is 73.9 cm³/mol. The van der Waals surface area contributed by atoms with E-state index in [1.54, 1.807) is 7.05 Å². The summed E-state index contributed by atoms with van der Waals surface area (Å²) in [6.07, 6.45) is 1.82. The van der Waals surface area contributed by atoms with E-state index in [0.717, 1.165) is 6.42 Å². The number of nitrogens with zero attached hydrogens (tertiary/aromatic N) is 1. The Bertz CT molecular complexity index is 593. The van der Waals surface area contributed by atoms with E-state index < -0.39 is 5.82 Å². The zero-order chi connectivity index (χ0) is 14.0. The van der Waals surface area contributed by atoms with Crippen molar-refractivity contribution < 1.29 is 9.18 Å². The number of ketones is 1. The van der Waals surface area contributed by atoms with E-state index in [1.165, 1.54) is 18.2 Å². The summed E-state index contributed by atoms with van der Waals surface area (Å²) in [5.74, 6) is -0.493. The van der Waals surface area contributed by atoms with Crippen molar-refractivity contribution >= 4 is 23.1 Å². The number of Topliss-reactive ketones (excluding diaryl/α,β-unsaturated/α-hetero) is 1. The lowest BCUT2D eigenvalue weighted by molar-refractivity contribution is -0.115. The third-order valence-corrected chi connectivity index (χ3v) is 3.42. The molecular weight excluding hydrogens is 267 g/mol. The number of carbonyl (C=O) groups is 1. The van der Waals surface area contributed by atoms with Crippen molar-refractivity contribution in [1.29, 1.82) is 0 Å². The number of nitrogens with two attached hydrogens (primary N) is 1. The normalized spacial score (nSPS) is 17.0. The molecule has 0 bridgehead atoms. The minimum Gasteiger partial charge on any atom is -0.401 e. The molecule has 0 atom stereocenters. The molecule has 0 heterocycles. The first-order valence-electron chi connectivity index (χ1n) is 5.99. The van der Waals surface area contributed by atoms with Gasteiger partial charge in [-0.05, 0) is 31.0 Å². The van der Waals surface area contributed by atoms with Crippen LogP contribution in [0.1, 0.15) is 24.8 Å². The summed E-state index contributed by atoms with van der Waals surface area (Å²) in [7, 11) is 1.54. The molecule has 2 N–H and O–H groups in total. The largest absolute Gasteiger partial charge is 0.401 e. The third-order valence-electron chi connectivity index (χ3n) is 3.09. The maximum absolute atomic E-state index is 13.4. The van der Waals surface area contributed by atoms with Crippen LogP contribution in [0.4, 0.5) is 4.39 Å². The van der Waals surface area contributed by atoms with Crippen molar-refractivity contribution in [1.82, 2.24) is 0 Å². The second kappa shape index (κ2) is 5.53. The maximum Gasteiger partial charge on any atom is 0.166 e. The van der Waals surface area contributed by atoms with Crippen molar-refractivity contribution in [3.8, 4) is 0 Å². The first-order chi connectivity index (χ1) is 9.04. The second-order valence-electron chi connectivity index (χ2n) is 4.37. The van der Waals surface area contributed by atoms with Gasteiger partial charge in [-0.25, -0.2) is 4.39 Å². The van der Waals surface area contributed by atoms with Gasteiger partial charge in [0.25, 0.3) is 0 Å². The highest BCUT2D eigenvalue weighted by Gasteiger charge is 2.25. The number of hydrogen-bond acceptors (Lipinski definition) is 3. The van der Waals surface area contributed by atoms with Gasteiger partial charge < -0.3 is 5.73 Å². The zero-order valence-electron chi connectivity index (χ0n) is 10.5. The number of rotatable bonds is 2. The maximum atomic E-state index is 13.4. The summed E-state index contributed by atoms with van der Waals surface area (Å²) < 4.78 is 13.4. The van der Waals surface area contributed by atoms with Gasteiger partial charge in [-0.1, -0.05) is 11.6 Å². The quantitative estimate of drug-likeness (QED) is 0.847. The number of halogens is 2. The van der Waals surface area contributed by atoms with E-state index in [-0.39, 0.29) is 5.78 Å². The molecule has 0 aromatic heterocycles. The van der Waals surface area contributed by atoms with Gasteiger partial charge in [-0.2, -0.15) is 0 Å². The monoisotopic (exact) mass is 280 g/mol. The van der Waals surface area contributed by atoms with E-state index in [9.17, 15) is 9.18 Å². The molecule has 1 aromatic carbocycles. The van der Waals surface area contributed by atoms with Gasteiger partial charge in [0, 0.05) is 24.7 Å². The van der Waals surface area contributed by atoms with Gasteiger partial charge in [-0.3, -0.25) is 9.79 Å². The van der Waals surface area contributed by atoms with Gasteiger partial charge >= 0.3 is 0 Å². The first-order valence-corrected chi connectivity index (χ1v) is 6.36. The molecule has 0 unspecified atom stereocenters. The molecule has 0 fully saturated rings. The lowest BCUT2D eigenvalue weighted by Crippen LogP contribution is -2.24. The number of hydrogen-bond donors (Lipinski definition) is 1. The SMILES string of the molecule is CN=C(C1=C(N)CCCC1=O)c1cc(F)ccc1Cl. The predicted octanol–water partition coefficient (Wildman–Crippen LogP) is 2.86. The van der Waals surface area contributed by atoms with Crippen LogP contribution in [-0.4, -0.2) is 18.5 Å². The summed E-state index contributed by atoms with van der Waals surface area (Å²) in [4.78, 5) is 16.1. The number of allylic oxidation sites excluding steroid dienone is 2. The van der Waals surface area contributed by atoms with Crippen molar-refractivity contribution in [2.24, 2.45) is 10.7 Å². The Labute approximate surface area is 116 Å². The highest BCUT2D eigenvalue weighted by Crippen LogP contribution is 2.26. The minimum absolute atomic E-state index is 0.0651. The third kappa shape index (κ3) is 2.68. The number of benzene rings is 1. The minimum atomic E-state index is -0.428. The molecule has 3 nitrogen and oxygen atoms in total. The summed E-state index contributed by atoms with van der Waals surface area (Å²) in [6, 6.07) is 3.98. The fourth-order valence-corrected chi connectivity index (χ4v) is 2.41. The smallest absolute Gasteiger partial charge is 0.166 e. The topological polar surface area (TPSA) is 55.4 Å². The van der Waals surface area contributed by atoms with Crippen LogP contribution >= 0.6 is 11.6 Å². The van der Waals surface area contributed by atoms with Crippen LogP contribution in [-0.2, 0) is 4.79 Å². The Morgan fingerprint density at radius 1 is 1.42 bits per heavy atom. The molecule has 1 aliphatic rings. The second-order valence-corrected chi connectivity index (χ2v) is 4.78. The van der Waals surface area contributed by atoms with Crippen LogP contribution in [0.5, 0.6) is 0 Å². The van der Waals surface area contributed by atoms with Crippen molar-refractivity contribution in [3.63, 3.8) is 0 Å². The summed E-state index contributed by atoms with van der Waals surface area (Å²) >= 11 is 6.06. The molecule has 19 heavy (non-hydrogen) atoms. The van der Waals surface area contributed by atoms with Crippen molar-refractivity contribution in [3.05, 3.63) is 45.9 Å². The zero-order valence-corrected chi connectivity index (χ0v) is 11.3. The molecule has 0 radical (unpaired) electrons. The summed E-state index contributed by atoms with van der Waals surface area (Å²) in [6.45, 7) is 0. The van der Waals surface area contributed by atoms with Crippen LogP contribution in [0.15, 0.2) is 34.5 Å². The highest BCUT2D eigenvalue weighted by molar-refractivity contribution is 6.38. The molecule has 0 aliphatic heterocycles. The van der Waals surface area contributed by atoms with E-state index in [1.807, 2.05) is 0 Å². The molecular formula is C14H14ClFN2O. The number of carbonyl (C=O) groups excluding carboxylic acids is 1. The molecule has 0 saturated heterocycles. The molecule has 0 saturated carbocycles. The molecule has 0 spiro atoms. The van der Waals surface area contributed by atoms with E-state index in [2.05, 4.69) is 4.99 Å². The summed E-state index contributed by atoms with van der Waals surface area (Å²) in [5.41, 5.74) is 7.55. The van der Waals surface area contributed by atoms with Crippen LogP contribution < -0.4 is 5.73 Å². The fraction of sp³-hybridized carbons (Fsp3) is 0.286. The lowest BCUT2D eigenvalue weighted by atomic mass is 9.89. The molecule has 5 heteroatoms. The van der Waals surface area contributed by atoms with Gasteiger partial charge in [0.2, 0.25) is 0 Å². The first kappa shape index (κ1) is 13.7. The average molecular weight is 281 g/mol. The Morgan fingerprint density at radius 2 is 2.16 bits per heavy atom. The van der Waals surface area contributed by atoms with Crippen LogP contribution in [0.25, 0.3) is 0 Å². The Morgan fingerprint density at radius 3 is 2.79 bits per heavy atom. The van der Waals surface area contributed by atoms with Gasteiger partial charge in [0.05, 0.1) is 16.3 Å². The van der Waals surface area contributed by atoms with Gasteiger partial charge in [0.1, 0.15) is 5.82 Å². The van der Waals surface area contributed by atoms with Crippen LogP contribution in [0, 0.1) is 5.82 Å². The fourth-order valence-electron chi connectivity index (χ4n) is 2.20. The molecule has 0 amide bonds. The molecule has 2 rings (SSSR count). The lowest BCUT2D eigenvalue weighted by Gasteiger charge is -2.18. The summed E-state index contributed by atoms with van der Waals surface area (Å²) in [5, 5.41) is 0.348. The van der Waals surface area contributed by atoms with Crippen molar-refractivity contribution in [2.75, 3.05) is 7.05 Å². The van der Waals surface area contributed by atoms with E-state index >= 15 is 0 Å². The molecule has 1 aromatic rings. The highest BCUT2D eigenvalue weighted by atomic mass is 35.5.